The van der Waals surface area contributed by atoms with E-state index in [1.54, 1.807) is 0 Å². The molecule has 0 aromatic carbocycles. The summed E-state index contributed by atoms with van der Waals surface area (Å²) >= 11 is 10.9. The number of pyridine rings is 1. The number of rotatable bonds is 1. The Bertz CT molecular complexity index is 280. The minimum atomic E-state index is -0.637. The van der Waals surface area contributed by atoms with E-state index in [1.807, 2.05) is 0 Å². The summed E-state index contributed by atoms with van der Waals surface area (Å²) < 4.78 is 12.9. The number of nitrogens with zero attached hydrogens (tertiary/aromatic N) is 1. The molecule has 1 aromatic rings. The van der Waals surface area contributed by atoms with Crippen LogP contribution in [0.5, 0.6) is 0 Å². The Balaban J connectivity index is 0.00000121. The first-order chi connectivity index (χ1) is 5.16. The largest absolute Gasteiger partial charge is 0.326 e. The molecule has 1 aromatic heterocycles. The quantitative estimate of drug-likeness (QED) is 0.754. The summed E-state index contributed by atoms with van der Waals surface area (Å²) in [7, 11) is 0. The maximum Gasteiger partial charge on any atom is 0.166 e. The van der Waals surface area contributed by atoms with Crippen molar-refractivity contribution in [3.05, 3.63) is 27.8 Å². The fraction of sp³-hybridized carbons (Fsp3) is 0.167. The summed E-state index contributed by atoms with van der Waals surface area (Å²) in [4.78, 5) is 3.49. The smallest absolute Gasteiger partial charge is 0.166 e. The van der Waals surface area contributed by atoms with E-state index >= 15 is 0 Å². The molecule has 0 saturated carbocycles. The van der Waals surface area contributed by atoms with Crippen LogP contribution in [0.2, 0.25) is 10.2 Å². The van der Waals surface area contributed by atoms with Gasteiger partial charge in [-0.15, -0.1) is 12.4 Å². The van der Waals surface area contributed by atoms with E-state index in [0.717, 1.165) is 0 Å². The lowest BCUT2D eigenvalue weighted by Gasteiger charge is -2.01. The summed E-state index contributed by atoms with van der Waals surface area (Å²) in [5.41, 5.74) is 5.41. The molecule has 1 heterocycles. The maximum absolute atomic E-state index is 12.9. The van der Waals surface area contributed by atoms with Crippen molar-refractivity contribution in [3.8, 4) is 0 Å². The fourth-order valence-electron chi connectivity index (χ4n) is 0.664. The van der Waals surface area contributed by atoms with Crippen LogP contribution < -0.4 is 5.73 Å². The summed E-state index contributed by atoms with van der Waals surface area (Å²) in [6, 6.07) is 0. The van der Waals surface area contributed by atoms with Crippen molar-refractivity contribution in [2.75, 3.05) is 0 Å². The third-order valence-corrected chi connectivity index (χ3v) is 1.82. The second kappa shape index (κ2) is 4.82. The zero-order valence-corrected chi connectivity index (χ0v) is 8.18. The van der Waals surface area contributed by atoms with Crippen molar-refractivity contribution >= 4 is 35.6 Å². The van der Waals surface area contributed by atoms with E-state index in [9.17, 15) is 4.39 Å². The van der Waals surface area contributed by atoms with Crippen LogP contribution in [0.25, 0.3) is 0 Å². The highest BCUT2D eigenvalue weighted by molar-refractivity contribution is 6.32. The fourth-order valence-corrected chi connectivity index (χ4v) is 1.04. The number of halogens is 4. The highest BCUT2D eigenvalue weighted by Crippen LogP contribution is 2.22. The van der Waals surface area contributed by atoms with Gasteiger partial charge in [-0.05, 0) is 0 Å². The molecule has 0 aliphatic carbocycles. The lowest BCUT2D eigenvalue weighted by Crippen LogP contribution is -2.02. The first-order valence-electron chi connectivity index (χ1n) is 2.85. The van der Waals surface area contributed by atoms with E-state index in [-0.39, 0.29) is 34.7 Å². The SMILES string of the molecule is Cl.NCc1c(Cl)cnc(Cl)c1F. The molecule has 12 heavy (non-hydrogen) atoms. The number of aromatic nitrogens is 1. The Kier molecular flexibility index (Phi) is 4.78. The molecule has 0 spiro atoms. The van der Waals surface area contributed by atoms with E-state index in [2.05, 4.69) is 4.98 Å². The average molecular weight is 231 g/mol. The van der Waals surface area contributed by atoms with Crippen LogP contribution in [-0.2, 0) is 6.54 Å². The molecule has 68 valence electrons. The third-order valence-electron chi connectivity index (χ3n) is 1.23. The lowest BCUT2D eigenvalue weighted by atomic mass is 10.2. The van der Waals surface area contributed by atoms with Gasteiger partial charge in [0.05, 0.1) is 5.02 Å². The minimum Gasteiger partial charge on any atom is -0.326 e. The first-order valence-corrected chi connectivity index (χ1v) is 3.61. The Labute approximate surface area is 85.3 Å². The summed E-state index contributed by atoms with van der Waals surface area (Å²) in [6.07, 6.45) is 1.27. The molecule has 2 nitrogen and oxygen atoms in total. The lowest BCUT2D eigenvalue weighted by molar-refractivity contribution is 0.605. The van der Waals surface area contributed by atoms with Crippen molar-refractivity contribution in [2.45, 2.75) is 6.54 Å². The number of nitrogens with two attached hydrogens (primary N) is 1. The van der Waals surface area contributed by atoms with Crippen LogP contribution >= 0.6 is 35.6 Å². The van der Waals surface area contributed by atoms with Crippen molar-refractivity contribution in [1.82, 2.24) is 4.98 Å². The third kappa shape index (κ3) is 2.20. The average Bonchev–Trinajstić information content (AvgIpc) is 1.99. The second-order valence-electron chi connectivity index (χ2n) is 1.89. The molecular weight excluding hydrogens is 225 g/mol. The Hall–Kier alpha value is -0.0900. The van der Waals surface area contributed by atoms with Crippen molar-refractivity contribution in [1.29, 1.82) is 0 Å². The van der Waals surface area contributed by atoms with Crippen LogP contribution in [0.4, 0.5) is 4.39 Å². The Morgan fingerprint density at radius 3 is 2.50 bits per heavy atom. The van der Waals surface area contributed by atoms with Gasteiger partial charge in [-0.25, -0.2) is 9.37 Å². The Morgan fingerprint density at radius 1 is 1.50 bits per heavy atom. The molecule has 6 heteroatoms. The van der Waals surface area contributed by atoms with Gasteiger partial charge >= 0.3 is 0 Å². The molecule has 0 fully saturated rings. The van der Waals surface area contributed by atoms with E-state index in [4.69, 9.17) is 28.9 Å². The van der Waals surface area contributed by atoms with Gasteiger partial charge in [-0.2, -0.15) is 0 Å². The zero-order valence-electron chi connectivity index (χ0n) is 5.85. The highest BCUT2D eigenvalue weighted by Gasteiger charge is 2.09. The normalized spacial score (nSPS) is 9.33. The zero-order chi connectivity index (χ0) is 8.43. The van der Waals surface area contributed by atoms with Crippen molar-refractivity contribution in [2.24, 2.45) is 5.73 Å². The van der Waals surface area contributed by atoms with Gasteiger partial charge in [0.25, 0.3) is 0 Å². The van der Waals surface area contributed by atoms with E-state index < -0.39 is 5.82 Å². The van der Waals surface area contributed by atoms with Gasteiger partial charge < -0.3 is 5.73 Å². The summed E-state index contributed by atoms with van der Waals surface area (Å²) in [6.45, 7) is 0.0207. The predicted octanol–water partition coefficient (Wildman–Crippen LogP) is 2.41. The van der Waals surface area contributed by atoms with Crippen LogP contribution in [0, 0.1) is 5.82 Å². The van der Waals surface area contributed by atoms with Gasteiger partial charge in [0, 0.05) is 18.3 Å². The topological polar surface area (TPSA) is 38.9 Å². The maximum atomic E-state index is 12.9. The van der Waals surface area contributed by atoms with E-state index in [0.29, 0.717) is 0 Å². The van der Waals surface area contributed by atoms with Crippen molar-refractivity contribution in [3.63, 3.8) is 0 Å². The Morgan fingerprint density at radius 2 is 2.08 bits per heavy atom. The van der Waals surface area contributed by atoms with Gasteiger partial charge in [-0.3, -0.25) is 0 Å². The molecule has 1 rings (SSSR count). The molecule has 0 aliphatic rings. The molecule has 0 saturated heterocycles. The highest BCUT2D eigenvalue weighted by atomic mass is 35.5. The second-order valence-corrected chi connectivity index (χ2v) is 2.66. The standard InChI is InChI=1S/C6H5Cl2FN2.ClH/c7-4-2-11-6(8)5(9)3(4)1-10;/h2H,1,10H2;1H. The summed E-state index contributed by atoms with van der Waals surface area (Å²) in [5, 5.41) is 0.00394. The molecule has 0 unspecified atom stereocenters. The predicted molar refractivity (Wildman–Crippen MR) is 49.4 cm³/mol. The van der Waals surface area contributed by atoms with Gasteiger partial charge in [0.2, 0.25) is 0 Å². The van der Waals surface area contributed by atoms with Crippen LogP contribution in [0.1, 0.15) is 5.56 Å². The molecule has 0 radical (unpaired) electrons. The molecule has 2 N–H and O–H groups in total. The molecule has 0 amide bonds. The minimum absolute atomic E-state index is 0. The number of hydrogen-bond donors (Lipinski definition) is 1. The van der Waals surface area contributed by atoms with Crippen LogP contribution in [0.3, 0.4) is 0 Å². The molecule has 0 aliphatic heterocycles. The molecular formula is C6H6Cl3FN2. The van der Waals surface area contributed by atoms with Gasteiger partial charge in [0.15, 0.2) is 11.0 Å². The monoisotopic (exact) mass is 230 g/mol. The van der Waals surface area contributed by atoms with Crippen LogP contribution in [-0.4, -0.2) is 4.98 Å². The van der Waals surface area contributed by atoms with Gasteiger partial charge in [0.1, 0.15) is 0 Å². The van der Waals surface area contributed by atoms with E-state index in [1.165, 1.54) is 6.20 Å². The van der Waals surface area contributed by atoms with Crippen LogP contribution in [0.15, 0.2) is 6.20 Å². The summed E-state index contributed by atoms with van der Waals surface area (Å²) in [5.74, 6) is -0.637. The molecule has 0 bridgehead atoms. The van der Waals surface area contributed by atoms with Gasteiger partial charge in [-0.1, -0.05) is 23.2 Å². The molecule has 0 atom stereocenters. The first kappa shape index (κ1) is 11.9. The van der Waals surface area contributed by atoms with Crippen molar-refractivity contribution < 1.29 is 4.39 Å². The number of hydrogen-bond acceptors (Lipinski definition) is 2.